The molecule has 0 radical (unpaired) electrons. The molecule has 0 spiro atoms. The summed E-state index contributed by atoms with van der Waals surface area (Å²) in [5.74, 6) is -0.258. The van der Waals surface area contributed by atoms with E-state index in [1.165, 1.54) is 18.2 Å². The van der Waals surface area contributed by atoms with Crippen molar-refractivity contribution in [2.45, 2.75) is 36.6 Å². The molecule has 7 heteroatoms. The first-order valence-corrected chi connectivity index (χ1v) is 8.52. The van der Waals surface area contributed by atoms with E-state index in [-0.39, 0.29) is 22.2 Å². The van der Waals surface area contributed by atoms with Gasteiger partial charge >= 0.3 is 5.97 Å². The summed E-state index contributed by atoms with van der Waals surface area (Å²) in [7, 11) is -3.71. The molecule has 6 nitrogen and oxygen atoms in total. The smallest absolute Gasteiger partial charge is 0.335 e. The number of carbonyl (C=O) groups is 1. The number of nitrogens with one attached hydrogen (secondary N) is 1. The van der Waals surface area contributed by atoms with E-state index in [0.717, 1.165) is 25.7 Å². The molecular weight excluding hydrogens is 292 g/mol. The normalized spacial score (nSPS) is 18.9. The highest BCUT2D eigenvalue weighted by molar-refractivity contribution is 7.89. The predicted octanol–water partition coefficient (Wildman–Crippen LogP) is 1.43. The lowest BCUT2D eigenvalue weighted by Crippen LogP contribution is -2.38. The maximum absolute atomic E-state index is 12.5. The van der Waals surface area contributed by atoms with Gasteiger partial charge in [-0.1, -0.05) is 0 Å². The lowest BCUT2D eigenvalue weighted by atomic mass is 10.1. The van der Waals surface area contributed by atoms with Crippen LogP contribution in [0.4, 0.5) is 5.69 Å². The van der Waals surface area contributed by atoms with Gasteiger partial charge in [-0.3, -0.25) is 0 Å². The first-order chi connectivity index (χ1) is 9.88. The van der Waals surface area contributed by atoms with Crippen LogP contribution >= 0.6 is 0 Å². The quantitative estimate of drug-likeness (QED) is 0.689. The van der Waals surface area contributed by atoms with Crippen LogP contribution in [-0.4, -0.2) is 25.5 Å². The van der Waals surface area contributed by atoms with Gasteiger partial charge in [0.1, 0.15) is 4.90 Å². The number of carboxylic acid groups (broad SMARTS) is 1. The van der Waals surface area contributed by atoms with Crippen molar-refractivity contribution in [1.29, 1.82) is 0 Å². The molecule has 3 rings (SSSR count). The highest BCUT2D eigenvalue weighted by Crippen LogP contribution is 2.45. The number of nitrogens with two attached hydrogens (primary N) is 1. The molecule has 2 saturated carbocycles. The predicted molar refractivity (Wildman–Crippen MR) is 77.4 cm³/mol. The van der Waals surface area contributed by atoms with E-state index in [1.54, 1.807) is 0 Å². The summed E-state index contributed by atoms with van der Waals surface area (Å²) in [5.41, 5.74) is 5.67. The largest absolute Gasteiger partial charge is 0.478 e. The number of hydrogen-bond donors (Lipinski definition) is 3. The van der Waals surface area contributed by atoms with Crippen molar-refractivity contribution < 1.29 is 18.3 Å². The highest BCUT2D eigenvalue weighted by atomic mass is 32.2. The minimum atomic E-state index is -3.71. The Kier molecular flexibility index (Phi) is 3.41. The molecule has 2 aliphatic rings. The fourth-order valence-electron chi connectivity index (χ4n) is 2.66. The molecule has 0 aliphatic heterocycles. The van der Waals surface area contributed by atoms with Crippen LogP contribution in [0, 0.1) is 11.8 Å². The van der Waals surface area contributed by atoms with Gasteiger partial charge < -0.3 is 10.8 Å². The van der Waals surface area contributed by atoms with E-state index in [9.17, 15) is 13.2 Å². The van der Waals surface area contributed by atoms with Crippen molar-refractivity contribution in [3.8, 4) is 0 Å². The Morgan fingerprint density at radius 2 is 1.81 bits per heavy atom. The van der Waals surface area contributed by atoms with Crippen molar-refractivity contribution >= 4 is 21.7 Å². The van der Waals surface area contributed by atoms with Crippen LogP contribution in [0.25, 0.3) is 0 Å². The SMILES string of the molecule is Nc1cc(C(=O)O)ccc1S(=O)(=O)NC(C1CC1)C1CC1. The van der Waals surface area contributed by atoms with Gasteiger partial charge in [0.15, 0.2) is 0 Å². The molecule has 21 heavy (non-hydrogen) atoms. The second-order valence-corrected chi connectivity index (χ2v) is 7.56. The summed E-state index contributed by atoms with van der Waals surface area (Å²) >= 11 is 0. The van der Waals surface area contributed by atoms with Gasteiger partial charge in [0.25, 0.3) is 0 Å². The maximum Gasteiger partial charge on any atom is 0.335 e. The number of benzene rings is 1. The van der Waals surface area contributed by atoms with Gasteiger partial charge in [0.2, 0.25) is 10.0 Å². The lowest BCUT2D eigenvalue weighted by Gasteiger charge is -2.18. The van der Waals surface area contributed by atoms with Crippen molar-refractivity contribution in [2.75, 3.05) is 5.73 Å². The average molecular weight is 310 g/mol. The molecule has 2 aliphatic carbocycles. The van der Waals surface area contributed by atoms with Crippen LogP contribution in [-0.2, 0) is 10.0 Å². The molecule has 0 saturated heterocycles. The van der Waals surface area contributed by atoms with Crippen molar-refractivity contribution in [1.82, 2.24) is 4.72 Å². The van der Waals surface area contributed by atoms with Crippen LogP contribution in [0.15, 0.2) is 23.1 Å². The number of aromatic carboxylic acids is 1. The summed E-state index contributed by atoms with van der Waals surface area (Å²) in [4.78, 5) is 10.8. The molecule has 0 amide bonds. The first kappa shape index (κ1) is 14.3. The zero-order valence-electron chi connectivity index (χ0n) is 11.5. The minimum Gasteiger partial charge on any atom is -0.478 e. The van der Waals surface area contributed by atoms with Gasteiger partial charge in [0, 0.05) is 6.04 Å². The molecule has 2 fully saturated rings. The molecule has 0 heterocycles. The fourth-order valence-corrected chi connectivity index (χ4v) is 4.14. The van der Waals surface area contributed by atoms with Crippen molar-refractivity contribution in [3.05, 3.63) is 23.8 Å². The van der Waals surface area contributed by atoms with E-state index < -0.39 is 16.0 Å². The van der Waals surface area contributed by atoms with Gasteiger partial charge in [-0.25, -0.2) is 17.9 Å². The second kappa shape index (κ2) is 4.99. The summed E-state index contributed by atoms with van der Waals surface area (Å²) in [5, 5.41) is 8.89. The third-order valence-electron chi connectivity index (χ3n) is 4.10. The van der Waals surface area contributed by atoms with Gasteiger partial charge in [0.05, 0.1) is 11.3 Å². The Balaban J connectivity index is 1.85. The number of sulfonamides is 1. The molecular formula is C14H18N2O4S. The average Bonchev–Trinajstić information content (AvgIpc) is 3.27. The van der Waals surface area contributed by atoms with Crippen molar-refractivity contribution in [2.24, 2.45) is 11.8 Å². The Bertz CT molecular complexity index is 666. The first-order valence-electron chi connectivity index (χ1n) is 7.03. The van der Waals surface area contributed by atoms with Gasteiger partial charge in [-0.2, -0.15) is 0 Å². The van der Waals surface area contributed by atoms with E-state index in [4.69, 9.17) is 10.8 Å². The third-order valence-corrected chi connectivity index (χ3v) is 5.63. The number of hydrogen-bond acceptors (Lipinski definition) is 4. The molecule has 1 aromatic carbocycles. The number of carboxylic acids is 1. The molecule has 1 aromatic rings. The zero-order valence-corrected chi connectivity index (χ0v) is 12.3. The second-order valence-electron chi connectivity index (χ2n) is 5.88. The number of nitrogen functional groups attached to an aromatic ring is 1. The molecule has 0 aromatic heterocycles. The summed E-state index contributed by atoms with van der Waals surface area (Å²) in [6, 6.07) is 3.70. The van der Waals surface area contributed by atoms with E-state index in [1.807, 2.05) is 0 Å². The maximum atomic E-state index is 12.5. The lowest BCUT2D eigenvalue weighted by molar-refractivity contribution is 0.0697. The Labute approximate surface area is 123 Å². The third kappa shape index (κ3) is 3.03. The summed E-state index contributed by atoms with van der Waals surface area (Å²) < 4.78 is 27.7. The molecule has 4 N–H and O–H groups in total. The summed E-state index contributed by atoms with van der Waals surface area (Å²) in [6.07, 6.45) is 4.27. The van der Waals surface area contributed by atoms with Crippen molar-refractivity contribution in [3.63, 3.8) is 0 Å². The number of rotatable bonds is 6. The minimum absolute atomic E-state index is 0.00597. The fraction of sp³-hybridized carbons (Fsp3) is 0.500. The molecule has 114 valence electrons. The summed E-state index contributed by atoms with van der Waals surface area (Å²) in [6.45, 7) is 0. The van der Waals surface area contributed by atoms with Crippen LogP contribution < -0.4 is 10.5 Å². The molecule has 0 unspecified atom stereocenters. The van der Waals surface area contributed by atoms with Crippen LogP contribution in [0.3, 0.4) is 0 Å². The molecule has 0 bridgehead atoms. The Hall–Kier alpha value is -1.60. The van der Waals surface area contributed by atoms with Crippen LogP contribution in [0.5, 0.6) is 0 Å². The topological polar surface area (TPSA) is 109 Å². The van der Waals surface area contributed by atoms with E-state index >= 15 is 0 Å². The van der Waals surface area contributed by atoms with E-state index in [2.05, 4.69) is 4.72 Å². The van der Waals surface area contributed by atoms with Gasteiger partial charge in [-0.15, -0.1) is 0 Å². The standard InChI is InChI=1S/C14H18N2O4S/c15-11-7-10(14(17)18)5-6-12(11)21(19,20)16-13(8-1-2-8)9-3-4-9/h5-9,13,16H,1-4,15H2,(H,17,18). The Morgan fingerprint density at radius 3 is 2.24 bits per heavy atom. The molecule has 0 atom stereocenters. The van der Waals surface area contributed by atoms with E-state index in [0.29, 0.717) is 11.8 Å². The monoisotopic (exact) mass is 310 g/mol. The van der Waals surface area contributed by atoms with Gasteiger partial charge in [-0.05, 0) is 55.7 Å². The van der Waals surface area contributed by atoms with Crippen LogP contribution in [0.2, 0.25) is 0 Å². The Morgan fingerprint density at radius 1 is 1.24 bits per heavy atom. The zero-order chi connectivity index (χ0) is 15.2. The van der Waals surface area contributed by atoms with Crippen LogP contribution in [0.1, 0.15) is 36.0 Å². The number of anilines is 1. The highest BCUT2D eigenvalue weighted by Gasteiger charge is 2.43.